The van der Waals surface area contributed by atoms with Crippen LogP contribution in [0, 0.1) is 35.5 Å². The lowest BCUT2D eigenvalue weighted by atomic mass is 9.73. The van der Waals surface area contributed by atoms with Crippen LogP contribution in [0.25, 0.3) is 0 Å². The lowest BCUT2D eigenvalue weighted by Crippen LogP contribution is -2.47. The average Bonchev–Trinajstić information content (AvgIpc) is 3.64. The second kappa shape index (κ2) is 10.6. The van der Waals surface area contributed by atoms with Crippen molar-refractivity contribution in [2.24, 2.45) is 35.5 Å². The van der Waals surface area contributed by atoms with E-state index in [1.165, 1.54) is 25.7 Å². The Morgan fingerprint density at radius 2 is 1.76 bits per heavy atom. The summed E-state index contributed by atoms with van der Waals surface area (Å²) in [6.07, 6.45) is 9.79. The molecule has 0 aromatic rings. The predicted molar refractivity (Wildman–Crippen MR) is 126 cm³/mol. The highest BCUT2D eigenvalue weighted by Gasteiger charge is 2.52. The van der Waals surface area contributed by atoms with E-state index in [-0.39, 0.29) is 35.5 Å². The molecule has 6 nitrogen and oxygen atoms in total. The fraction of sp³-hybridized carbons (Fsp3) is 0.923. The van der Waals surface area contributed by atoms with E-state index in [0.29, 0.717) is 25.0 Å². The van der Waals surface area contributed by atoms with Crippen LogP contribution < -0.4 is 21.3 Å². The predicted octanol–water partition coefficient (Wildman–Crippen LogP) is 2.53. The molecule has 2 heterocycles. The van der Waals surface area contributed by atoms with Gasteiger partial charge in [-0.3, -0.25) is 9.59 Å². The molecule has 3 saturated carbocycles. The van der Waals surface area contributed by atoms with Gasteiger partial charge in [0.2, 0.25) is 11.8 Å². The molecule has 0 aromatic carbocycles. The average molecular weight is 463 g/mol. The zero-order valence-electron chi connectivity index (χ0n) is 20.0. The number of rotatable bonds is 6. The normalized spacial score (nSPS) is 43.2. The van der Waals surface area contributed by atoms with Crippen molar-refractivity contribution in [3.63, 3.8) is 0 Å². The zero-order valence-corrected chi connectivity index (χ0v) is 20.0. The molecule has 186 valence electrons. The highest BCUT2D eigenvalue weighted by molar-refractivity contribution is 5.82. The largest absolute Gasteiger partial charge is 0.354 e. The molecule has 2 amide bonds. The molecule has 0 aromatic heterocycles. The van der Waals surface area contributed by atoms with Crippen molar-refractivity contribution >= 4 is 11.8 Å². The number of carbonyl (C=O) groups excluding carboxylic acids is 2. The van der Waals surface area contributed by atoms with Gasteiger partial charge in [0.05, 0.1) is 0 Å². The summed E-state index contributed by atoms with van der Waals surface area (Å²) in [6.45, 7) is 3.90. The van der Waals surface area contributed by atoms with E-state index in [0.717, 1.165) is 70.0 Å². The molecule has 33 heavy (non-hydrogen) atoms. The molecule has 7 heteroatoms. The number of nitrogens with one attached hydrogen (secondary N) is 4. The van der Waals surface area contributed by atoms with Gasteiger partial charge in [-0.15, -0.1) is 0 Å². The maximum Gasteiger partial charge on any atom is 0.223 e. The highest BCUT2D eigenvalue weighted by atomic mass is 19.1. The lowest BCUT2D eigenvalue weighted by Gasteiger charge is -2.39. The molecule has 9 unspecified atom stereocenters. The van der Waals surface area contributed by atoms with Crippen molar-refractivity contribution in [1.29, 1.82) is 0 Å². The van der Waals surface area contributed by atoms with Gasteiger partial charge in [0.1, 0.15) is 6.17 Å². The molecule has 4 N–H and O–H groups in total. The van der Waals surface area contributed by atoms with E-state index in [4.69, 9.17) is 0 Å². The fourth-order valence-electron chi connectivity index (χ4n) is 7.28. The summed E-state index contributed by atoms with van der Waals surface area (Å²) in [4.78, 5) is 25.5. The third-order valence-electron chi connectivity index (χ3n) is 9.44. The Morgan fingerprint density at radius 1 is 0.848 bits per heavy atom. The van der Waals surface area contributed by atoms with E-state index in [2.05, 4.69) is 21.3 Å². The van der Waals surface area contributed by atoms with Gasteiger partial charge in [0.15, 0.2) is 0 Å². The first-order valence-electron chi connectivity index (χ1n) is 13.7. The topological polar surface area (TPSA) is 82.3 Å². The maximum atomic E-state index is 15.1. The quantitative estimate of drug-likeness (QED) is 0.489. The smallest absolute Gasteiger partial charge is 0.223 e. The van der Waals surface area contributed by atoms with E-state index in [1.54, 1.807) is 0 Å². The van der Waals surface area contributed by atoms with Gasteiger partial charge in [0, 0.05) is 30.5 Å². The van der Waals surface area contributed by atoms with Crippen molar-refractivity contribution in [3.05, 3.63) is 0 Å². The number of piperidine rings is 2. The second-order valence-corrected chi connectivity index (χ2v) is 11.6. The minimum Gasteiger partial charge on any atom is -0.354 e. The summed E-state index contributed by atoms with van der Waals surface area (Å²) in [7, 11) is 0. The first-order chi connectivity index (χ1) is 16.1. The summed E-state index contributed by atoms with van der Waals surface area (Å²) in [5.74, 6) is 1.58. The van der Waals surface area contributed by atoms with Crippen LogP contribution >= 0.6 is 0 Å². The van der Waals surface area contributed by atoms with Crippen molar-refractivity contribution < 1.29 is 14.0 Å². The van der Waals surface area contributed by atoms with Crippen molar-refractivity contribution in [1.82, 2.24) is 21.3 Å². The van der Waals surface area contributed by atoms with Crippen LogP contribution in [0.5, 0.6) is 0 Å². The molecule has 5 rings (SSSR count). The van der Waals surface area contributed by atoms with Crippen LogP contribution in [0.1, 0.15) is 70.6 Å². The van der Waals surface area contributed by atoms with Crippen LogP contribution in [0.3, 0.4) is 0 Å². The molecular weight excluding hydrogens is 419 g/mol. The van der Waals surface area contributed by atoms with Gasteiger partial charge >= 0.3 is 0 Å². The summed E-state index contributed by atoms with van der Waals surface area (Å²) in [6, 6.07) is 0.660. The van der Waals surface area contributed by atoms with Gasteiger partial charge in [-0.1, -0.05) is 6.42 Å². The van der Waals surface area contributed by atoms with Crippen LogP contribution in [-0.4, -0.2) is 56.2 Å². The molecule has 9 atom stereocenters. The number of amides is 2. The monoisotopic (exact) mass is 462 g/mol. The molecule has 5 aliphatic rings. The van der Waals surface area contributed by atoms with E-state index in [9.17, 15) is 9.59 Å². The molecule has 5 fully saturated rings. The van der Waals surface area contributed by atoms with Crippen LogP contribution in [-0.2, 0) is 9.59 Å². The van der Waals surface area contributed by atoms with Crippen LogP contribution in [0.2, 0.25) is 0 Å². The SMILES string of the molecule is O=C(NCC1CCCCN1)C1CCC(C2CC2C(=O)NC2CCC3CNCCC3C2)C(F)C1. The number of hydrogen-bond acceptors (Lipinski definition) is 4. The molecule has 2 aliphatic heterocycles. The minimum atomic E-state index is -0.963. The molecule has 0 spiro atoms. The number of carbonyl (C=O) groups is 2. The van der Waals surface area contributed by atoms with Gasteiger partial charge in [-0.25, -0.2) is 4.39 Å². The molecule has 0 radical (unpaired) electrons. The molecule has 2 saturated heterocycles. The lowest BCUT2D eigenvalue weighted by molar-refractivity contribution is -0.128. The third-order valence-corrected chi connectivity index (χ3v) is 9.44. The maximum absolute atomic E-state index is 15.1. The van der Waals surface area contributed by atoms with Gasteiger partial charge < -0.3 is 21.3 Å². The third kappa shape index (κ3) is 5.72. The summed E-state index contributed by atoms with van der Waals surface area (Å²) in [5.41, 5.74) is 0. The number of halogens is 1. The van der Waals surface area contributed by atoms with Crippen LogP contribution in [0.15, 0.2) is 0 Å². The molecular formula is C26H43FN4O2. The van der Waals surface area contributed by atoms with Gasteiger partial charge in [-0.2, -0.15) is 0 Å². The number of hydrogen-bond donors (Lipinski definition) is 4. The Labute approximate surface area is 198 Å². The Morgan fingerprint density at radius 3 is 2.58 bits per heavy atom. The zero-order chi connectivity index (χ0) is 22.8. The van der Waals surface area contributed by atoms with Crippen LogP contribution in [0.4, 0.5) is 4.39 Å². The first kappa shape index (κ1) is 23.5. The molecule has 0 bridgehead atoms. The first-order valence-corrected chi connectivity index (χ1v) is 13.7. The van der Waals surface area contributed by atoms with E-state index >= 15 is 4.39 Å². The fourth-order valence-corrected chi connectivity index (χ4v) is 7.28. The number of alkyl halides is 1. The van der Waals surface area contributed by atoms with Crippen molar-refractivity contribution in [2.45, 2.75) is 88.9 Å². The number of fused-ring (bicyclic) bond motifs is 1. The van der Waals surface area contributed by atoms with Crippen molar-refractivity contribution in [3.8, 4) is 0 Å². The Bertz CT molecular complexity index is 700. The minimum absolute atomic E-state index is 0.0123. The summed E-state index contributed by atoms with van der Waals surface area (Å²) in [5, 5.41) is 13.3. The standard InChI is InChI=1S/C26H43FN4O2/c27-24-12-17(25(32)30-15-20-3-1-2-9-29-20)5-7-21(24)22-13-23(22)26(33)31-19-6-4-18-14-28-10-8-16(18)11-19/h16-24,28-29H,1-15H2,(H,30,32)(H,31,33). The Balaban J connectivity index is 1.03. The second-order valence-electron chi connectivity index (χ2n) is 11.6. The van der Waals surface area contributed by atoms with E-state index in [1.807, 2.05) is 0 Å². The van der Waals surface area contributed by atoms with Gasteiger partial charge in [-0.05, 0) is 108 Å². The summed E-state index contributed by atoms with van der Waals surface area (Å²) >= 11 is 0. The highest BCUT2D eigenvalue weighted by Crippen LogP contribution is 2.51. The molecule has 3 aliphatic carbocycles. The summed E-state index contributed by atoms with van der Waals surface area (Å²) < 4.78 is 15.1. The Kier molecular flexibility index (Phi) is 7.55. The Hall–Kier alpha value is -1.21. The van der Waals surface area contributed by atoms with Gasteiger partial charge in [0.25, 0.3) is 0 Å². The van der Waals surface area contributed by atoms with E-state index < -0.39 is 6.17 Å². The van der Waals surface area contributed by atoms with Crippen molar-refractivity contribution in [2.75, 3.05) is 26.2 Å².